The van der Waals surface area contributed by atoms with Gasteiger partial charge in [-0.3, -0.25) is 10.1 Å². The quantitative estimate of drug-likeness (QED) is 0.461. The molecule has 0 aliphatic carbocycles. The molecule has 4 rings (SSSR count). The van der Waals surface area contributed by atoms with E-state index in [4.69, 9.17) is 11.6 Å². The Morgan fingerprint density at radius 2 is 1.89 bits per heavy atom. The number of carbonyl (C=O) groups excluding carboxylic acids is 2. The number of halogens is 2. The molecule has 1 saturated heterocycles. The van der Waals surface area contributed by atoms with Crippen LogP contribution in [0.4, 0.5) is 20.7 Å². The van der Waals surface area contributed by atoms with E-state index >= 15 is 0 Å². The Bertz CT molecular complexity index is 1420. The number of nitrogens with zero attached hydrogens (tertiary/aromatic N) is 2. The number of urea groups is 1. The zero-order valence-electron chi connectivity index (χ0n) is 19.0. The number of anilines is 2. The number of benzene rings is 2. The predicted molar refractivity (Wildman–Crippen MR) is 133 cm³/mol. The second-order valence-corrected chi connectivity index (χ2v) is 10.7. The number of hydrogen-bond acceptors (Lipinski definition) is 6. The van der Waals surface area contributed by atoms with E-state index in [0.717, 1.165) is 17.2 Å². The topological polar surface area (TPSA) is 129 Å². The zero-order chi connectivity index (χ0) is 26.0. The van der Waals surface area contributed by atoms with E-state index in [9.17, 15) is 27.5 Å². The van der Waals surface area contributed by atoms with Gasteiger partial charge in [-0.05, 0) is 35.9 Å². The Kier molecular flexibility index (Phi) is 7.25. The number of pyridine rings is 1. The molecular formula is C24H22ClFN4O5S. The van der Waals surface area contributed by atoms with Crippen molar-refractivity contribution in [3.63, 3.8) is 0 Å². The summed E-state index contributed by atoms with van der Waals surface area (Å²) in [7, 11) is -3.55. The minimum atomic E-state index is -3.55. The minimum absolute atomic E-state index is 0.0330. The average Bonchev–Trinajstić information content (AvgIpc) is 3.23. The lowest BCUT2D eigenvalue weighted by Crippen LogP contribution is -2.45. The number of amides is 3. The Morgan fingerprint density at radius 3 is 2.56 bits per heavy atom. The van der Waals surface area contributed by atoms with Crippen molar-refractivity contribution in [1.29, 1.82) is 0 Å². The average molecular weight is 533 g/mol. The number of hydrogen-bond donors (Lipinski definition) is 3. The van der Waals surface area contributed by atoms with Gasteiger partial charge in [0.25, 0.3) is 0 Å². The molecule has 0 radical (unpaired) electrons. The van der Waals surface area contributed by atoms with Crippen LogP contribution in [0.15, 0.2) is 65.7 Å². The Labute approximate surface area is 211 Å². The number of sulfone groups is 1. The highest BCUT2D eigenvalue weighted by Gasteiger charge is 2.39. The van der Waals surface area contributed by atoms with Gasteiger partial charge in [0.2, 0.25) is 5.91 Å². The summed E-state index contributed by atoms with van der Waals surface area (Å²) in [6, 6.07) is 11.4. The van der Waals surface area contributed by atoms with Crippen LogP contribution in [0.1, 0.15) is 6.42 Å². The van der Waals surface area contributed by atoms with Crippen molar-refractivity contribution in [1.82, 2.24) is 9.88 Å². The molecule has 2 heterocycles. The molecule has 0 bridgehead atoms. The molecule has 9 nitrogen and oxygen atoms in total. The third-order valence-electron chi connectivity index (χ3n) is 5.63. The van der Waals surface area contributed by atoms with Crippen LogP contribution in [0.2, 0.25) is 5.02 Å². The van der Waals surface area contributed by atoms with E-state index in [1.54, 1.807) is 18.2 Å². The van der Waals surface area contributed by atoms with Gasteiger partial charge in [-0.25, -0.2) is 22.6 Å². The first-order valence-corrected chi connectivity index (χ1v) is 13.1. The number of nitrogens with one attached hydrogen (secondary N) is 2. The molecule has 3 N–H and O–H groups in total. The van der Waals surface area contributed by atoms with Crippen molar-refractivity contribution in [2.24, 2.45) is 0 Å². The van der Waals surface area contributed by atoms with Gasteiger partial charge in [-0.1, -0.05) is 35.9 Å². The molecule has 2 unspecified atom stereocenters. The van der Waals surface area contributed by atoms with E-state index in [1.165, 1.54) is 36.5 Å². The number of likely N-dealkylation sites (tertiary alicyclic amines) is 1. The summed E-state index contributed by atoms with van der Waals surface area (Å²) < 4.78 is 39.1. The summed E-state index contributed by atoms with van der Waals surface area (Å²) in [6.07, 6.45) is 1.44. The maximum Gasteiger partial charge on any atom is 0.323 e. The lowest BCUT2D eigenvalue weighted by molar-refractivity contribution is -0.119. The minimum Gasteiger partial charge on any atom is -0.391 e. The highest BCUT2D eigenvalue weighted by molar-refractivity contribution is 7.90. The third-order valence-corrected chi connectivity index (χ3v) is 7.01. The van der Waals surface area contributed by atoms with Gasteiger partial charge in [0.05, 0.1) is 21.7 Å². The first-order chi connectivity index (χ1) is 17.0. The van der Waals surface area contributed by atoms with Crippen molar-refractivity contribution >= 4 is 44.9 Å². The SMILES string of the molecule is CS(=O)(=O)c1ccccc1-c1ccc(NC(=O)C2CC(O)CN2C(=O)Nc2ccc(Cl)cn2)c(F)c1. The molecule has 2 aromatic carbocycles. The first-order valence-electron chi connectivity index (χ1n) is 10.8. The summed E-state index contributed by atoms with van der Waals surface area (Å²) in [6.45, 7) is -0.0960. The molecule has 1 fully saturated rings. The Hall–Kier alpha value is -3.54. The fourth-order valence-electron chi connectivity index (χ4n) is 3.95. The number of carbonyl (C=O) groups is 2. The summed E-state index contributed by atoms with van der Waals surface area (Å²) >= 11 is 5.79. The van der Waals surface area contributed by atoms with E-state index in [1.807, 2.05) is 0 Å². The Balaban J connectivity index is 1.51. The maximum atomic E-state index is 14.9. The van der Waals surface area contributed by atoms with Crippen molar-refractivity contribution in [3.05, 3.63) is 71.6 Å². The van der Waals surface area contributed by atoms with Crippen molar-refractivity contribution < 1.29 is 27.5 Å². The van der Waals surface area contributed by atoms with Crippen molar-refractivity contribution in [2.45, 2.75) is 23.5 Å². The van der Waals surface area contributed by atoms with E-state index in [-0.39, 0.29) is 29.4 Å². The Morgan fingerprint density at radius 1 is 1.14 bits per heavy atom. The lowest BCUT2D eigenvalue weighted by Gasteiger charge is -2.24. The number of β-amino-alcohol motifs (C(OH)–C–C–N with tert-alkyl or cyclic N) is 1. The smallest absolute Gasteiger partial charge is 0.323 e. The van der Waals surface area contributed by atoms with Crippen molar-refractivity contribution in [3.8, 4) is 11.1 Å². The van der Waals surface area contributed by atoms with Gasteiger partial charge >= 0.3 is 6.03 Å². The molecule has 1 aliphatic heterocycles. The monoisotopic (exact) mass is 532 g/mol. The van der Waals surface area contributed by atoms with Gasteiger partial charge < -0.3 is 15.3 Å². The molecule has 0 spiro atoms. The lowest BCUT2D eigenvalue weighted by atomic mass is 10.0. The van der Waals surface area contributed by atoms with Gasteiger partial charge in [0, 0.05) is 31.0 Å². The van der Waals surface area contributed by atoms with Crippen LogP contribution in [-0.4, -0.2) is 60.3 Å². The fraction of sp³-hybridized carbons (Fsp3) is 0.208. The van der Waals surface area contributed by atoms with Crippen LogP contribution in [0.3, 0.4) is 0 Å². The van der Waals surface area contributed by atoms with Crippen LogP contribution in [0.25, 0.3) is 11.1 Å². The van der Waals surface area contributed by atoms with E-state index in [0.29, 0.717) is 16.1 Å². The van der Waals surface area contributed by atoms with Crippen LogP contribution >= 0.6 is 11.6 Å². The molecule has 3 aromatic rings. The zero-order valence-corrected chi connectivity index (χ0v) is 20.6. The van der Waals surface area contributed by atoms with E-state index in [2.05, 4.69) is 15.6 Å². The molecule has 0 saturated carbocycles. The van der Waals surface area contributed by atoms with Crippen molar-refractivity contribution in [2.75, 3.05) is 23.4 Å². The molecule has 1 aliphatic rings. The standard InChI is InChI=1S/C24H22ClFN4O5S/c1-36(34,35)21-5-3-2-4-17(21)14-6-8-19(18(26)10-14)28-23(32)20-11-16(31)13-30(20)24(33)29-22-9-7-15(25)12-27-22/h2-10,12,16,20,31H,11,13H2,1H3,(H,28,32)(H,27,29,33). The van der Waals surface area contributed by atoms with Gasteiger partial charge in [-0.2, -0.15) is 0 Å². The van der Waals surface area contributed by atoms with Gasteiger partial charge in [0.1, 0.15) is 17.7 Å². The summed E-state index contributed by atoms with van der Waals surface area (Å²) in [5, 5.41) is 15.5. The van der Waals surface area contributed by atoms with Crippen LogP contribution in [0.5, 0.6) is 0 Å². The highest BCUT2D eigenvalue weighted by atomic mass is 35.5. The predicted octanol–water partition coefficient (Wildman–Crippen LogP) is 3.55. The number of rotatable bonds is 5. The van der Waals surface area contributed by atoms with Crippen LogP contribution in [-0.2, 0) is 14.6 Å². The second kappa shape index (κ2) is 10.2. The summed E-state index contributed by atoms with van der Waals surface area (Å²) in [4.78, 5) is 30.8. The summed E-state index contributed by atoms with van der Waals surface area (Å²) in [5.74, 6) is -1.26. The largest absolute Gasteiger partial charge is 0.391 e. The maximum absolute atomic E-state index is 14.9. The van der Waals surface area contributed by atoms with Crippen LogP contribution < -0.4 is 10.6 Å². The number of aliphatic hydroxyl groups excluding tert-OH is 1. The fourth-order valence-corrected chi connectivity index (χ4v) is 4.97. The molecule has 12 heteroatoms. The normalized spacial score (nSPS) is 17.6. The number of aromatic nitrogens is 1. The number of aliphatic hydroxyl groups is 1. The molecule has 36 heavy (non-hydrogen) atoms. The second-order valence-electron chi connectivity index (χ2n) is 8.30. The van der Waals surface area contributed by atoms with E-state index < -0.39 is 39.7 Å². The molecule has 3 amide bonds. The third kappa shape index (κ3) is 5.64. The first kappa shape index (κ1) is 25.5. The molecule has 188 valence electrons. The molecular weight excluding hydrogens is 511 g/mol. The highest BCUT2D eigenvalue weighted by Crippen LogP contribution is 2.30. The van der Waals surface area contributed by atoms with Gasteiger partial charge in [-0.15, -0.1) is 0 Å². The summed E-state index contributed by atoms with van der Waals surface area (Å²) in [5.41, 5.74) is 0.496. The van der Waals surface area contributed by atoms with Gasteiger partial charge in [0.15, 0.2) is 9.84 Å². The van der Waals surface area contributed by atoms with Crippen LogP contribution in [0, 0.1) is 5.82 Å². The molecule has 2 atom stereocenters. The molecule has 1 aromatic heterocycles.